The summed E-state index contributed by atoms with van der Waals surface area (Å²) in [6.07, 6.45) is 1.55. The van der Waals surface area contributed by atoms with E-state index in [2.05, 4.69) is 23.7 Å². The zero-order valence-corrected chi connectivity index (χ0v) is 12.7. The molecule has 6 heteroatoms. The van der Waals surface area contributed by atoms with Gasteiger partial charge in [-0.05, 0) is 32.9 Å². The minimum absolute atomic E-state index is 0.185. The van der Waals surface area contributed by atoms with E-state index in [-0.39, 0.29) is 5.91 Å². The van der Waals surface area contributed by atoms with Crippen LogP contribution in [0.4, 0.5) is 0 Å². The van der Waals surface area contributed by atoms with Crippen LogP contribution in [-0.4, -0.2) is 58.3 Å². The quantitative estimate of drug-likeness (QED) is 0.874. The second-order valence-electron chi connectivity index (χ2n) is 5.69. The van der Waals surface area contributed by atoms with E-state index in [9.17, 15) is 9.59 Å². The van der Waals surface area contributed by atoms with Gasteiger partial charge < -0.3 is 10.6 Å². The van der Waals surface area contributed by atoms with Gasteiger partial charge in [0.2, 0.25) is 5.91 Å². The Bertz CT molecular complexity index is 527. The van der Waals surface area contributed by atoms with Gasteiger partial charge in [0, 0.05) is 37.6 Å². The number of carbonyl (C=O) groups excluding carboxylic acids is 2. The standard InChI is InChI=1S/C15H22N4O2/c1-10(2)18-6-7-19(13(9-18)14(16)20)15(21)12-5-4-11(3)17-8-12/h4-5,8,10,13H,6-7,9H2,1-3H3,(H2,16,20). The van der Waals surface area contributed by atoms with Gasteiger partial charge in [-0.1, -0.05) is 0 Å². The third-order valence-corrected chi connectivity index (χ3v) is 3.89. The fourth-order valence-electron chi connectivity index (χ4n) is 2.52. The molecule has 1 unspecified atom stereocenters. The number of nitrogens with two attached hydrogens (primary N) is 1. The highest BCUT2D eigenvalue weighted by Gasteiger charge is 2.35. The lowest BCUT2D eigenvalue weighted by molar-refractivity contribution is -0.124. The molecule has 1 fully saturated rings. The number of hydrogen-bond donors (Lipinski definition) is 1. The third kappa shape index (κ3) is 3.39. The summed E-state index contributed by atoms with van der Waals surface area (Å²) < 4.78 is 0. The van der Waals surface area contributed by atoms with Crippen LogP contribution in [0.25, 0.3) is 0 Å². The second kappa shape index (κ2) is 6.22. The van der Waals surface area contributed by atoms with E-state index in [1.165, 1.54) is 0 Å². The van der Waals surface area contributed by atoms with Gasteiger partial charge >= 0.3 is 0 Å². The Hall–Kier alpha value is -1.95. The Balaban J connectivity index is 2.19. The summed E-state index contributed by atoms with van der Waals surface area (Å²) in [5.74, 6) is -0.650. The van der Waals surface area contributed by atoms with Crippen molar-refractivity contribution in [2.24, 2.45) is 5.73 Å². The lowest BCUT2D eigenvalue weighted by atomic mass is 10.1. The number of hydrogen-bond acceptors (Lipinski definition) is 4. The van der Waals surface area contributed by atoms with Crippen molar-refractivity contribution in [2.45, 2.75) is 32.9 Å². The Morgan fingerprint density at radius 1 is 1.33 bits per heavy atom. The Morgan fingerprint density at radius 2 is 2.05 bits per heavy atom. The molecule has 21 heavy (non-hydrogen) atoms. The van der Waals surface area contributed by atoms with Gasteiger partial charge in [-0.2, -0.15) is 0 Å². The van der Waals surface area contributed by atoms with E-state index in [0.29, 0.717) is 24.7 Å². The molecular weight excluding hydrogens is 268 g/mol. The molecule has 1 aliphatic heterocycles. The van der Waals surface area contributed by atoms with Gasteiger partial charge in [0.15, 0.2) is 0 Å². The van der Waals surface area contributed by atoms with Crippen molar-refractivity contribution in [3.63, 3.8) is 0 Å². The number of aryl methyl sites for hydroxylation is 1. The van der Waals surface area contributed by atoms with Crippen LogP contribution in [0.3, 0.4) is 0 Å². The van der Waals surface area contributed by atoms with Gasteiger partial charge in [0.1, 0.15) is 6.04 Å². The summed E-state index contributed by atoms with van der Waals surface area (Å²) in [6.45, 7) is 7.73. The molecule has 2 heterocycles. The summed E-state index contributed by atoms with van der Waals surface area (Å²) in [6, 6.07) is 3.26. The highest BCUT2D eigenvalue weighted by atomic mass is 16.2. The number of rotatable bonds is 3. The molecule has 0 bridgehead atoms. The summed E-state index contributed by atoms with van der Waals surface area (Å²) >= 11 is 0. The number of amides is 2. The van der Waals surface area contributed by atoms with Crippen molar-refractivity contribution in [3.8, 4) is 0 Å². The van der Waals surface area contributed by atoms with E-state index >= 15 is 0 Å². The van der Waals surface area contributed by atoms with Crippen molar-refractivity contribution in [1.29, 1.82) is 0 Å². The lowest BCUT2D eigenvalue weighted by Crippen LogP contribution is -2.61. The maximum Gasteiger partial charge on any atom is 0.256 e. The number of carbonyl (C=O) groups is 2. The van der Waals surface area contributed by atoms with Crippen molar-refractivity contribution >= 4 is 11.8 Å². The number of pyridine rings is 1. The van der Waals surface area contributed by atoms with E-state index < -0.39 is 11.9 Å². The van der Waals surface area contributed by atoms with E-state index in [1.807, 2.05) is 6.92 Å². The molecule has 0 aliphatic carbocycles. The van der Waals surface area contributed by atoms with Gasteiger partial charge in [0.25, 0.3) is 5.91 Å². The minimum Gasteiger partial charge on any atom is -0.368 e. The molecule has 6 nitrogen and oxygen atoms in total. The number of piperazine rings is 1. The van der Waals surface area contributed by atoms with Crippen LogP contribution in [0.15, 0.2) is 18.3 Å². The summed E-state index contributed by atoms with van der Waals surface area (Å²) in [5, 5.41) is 0. The Morgan fingerprint density at radius 3 is 2.57 bits per heavy atom. The van der Waals surface area contributed by atoms with Crippen molar-refractivity contribution in [2.75, 3.05) is 19.6 Å². The molecule has 0 radical (unpaired) electrons. The topological polar surface area (TPSA) is 79.5 Å². The van der Waals surface area contributed by atoms with Crippen molar-refractivity contribution < 1.29 is 9.59 Å². The molecular formula is C15H22N4O2. The molecule has 114 valence electrons. The fourth-order valence-corrected chi connectivity index (χ4v) is 2.52. The molecule has 2 N–H and O–H groups in total. The first-order valence-electron chi connectivity index (χ1n) is 7.17. The molecule has 1 saturated heterocycles. The largest absolute Gasteiger partial charge is 0.368 e. The Labute approximate surface area is 124 Å². The molecule has 1 aromatic rings. The van der Waals surface area contributed by atoms with E-state index in [4.69, 9.17) is 5.73 Å². The lowest BCUT2D eigenvalue weighted by Gasteiger charge is -2.41. The van der Waals surface area contributed by atoms with Gasteiger partial charge in [-0.25, -0.2) is 0 Å². The van der Waals surface area contributed by atoms with Crippen LogP contribution >= 0.6 is 0 Å². The monoisotopic (exact) mass is 290 g/mol. The van der Waals surface area contributed by atoms with Crippen LogP contribution in [0, 0.1) is 6.92 Å². The molecule has 0 aromatic carbocycles. The summed E-state index contributed by atoms with van der Waals surface area (Å²) in [5.41, 5.74) is 6.83. The zero-order chi connectivity index (χ0) is 15.6. The van der Waals surface area contributed by atoms with Gasteiger partial charge in [0.05, 0.1) is 5.56 Å². The average Bonchev–Trinajstić information content (AvgIpc) is 2.46. The fraction of sp³-hybridized carbons (Fsp3) is 0.533. The highest BCUT2D eigenvalue weighted by Crippen LogP contribution is 2.16. The molecule has 1 atom stereocenters. The maximum absolute atomic E-state index is 12.6. The number of nitrogens with zero attached hydrogens (tertiary/aromatic N) is 3. The van der Waals surface area contributed by atoms with E-state index in [1.54, 1.807) is 23.2 Å². The van der Waals surface area contributed by atoms with Crippen LogP contribution in [-0.2, 0) is 4.79 Å². The van der Waals surface area contributed by atoms with Crippen LogP contribution in [0.5, 0.6) is 0 Å². The molecule has 0 spiro atoms. The van der Waals surface area contributed by atoms with Crippen LogP contribution < -0.4 is 5.73 Å². The second-order valence-corrected chi connectivity index (χ2v) is 5.69. The normalized spacial score (nSPS) is 19.8. The summed E-state index contributed by atoms with van der Waals surface area (Å²) in [7, 11) is 0. The van der Waals surface area contributed by atoms with Crippen molar-refractivity contribution in [1.82, 2.24) is 14.8 Å². The average molecular weight is 290 g/mol. The highest BCUT2D eigenvalue weighted by molar-refractivity contribution is 5.97. The predicted octanol–water partition coefficient (Wildman–Crippen LogP) is 0.410. The van der Waals surface area contributed by atoms with Crippen molar-refractivity contribution in [3.05, 3.63) is 29.6 Å². The summed E-state index contributed by atoms with van der Waals surface area (Å²) in [4.78, 5) is 32.1. The van der Waals surface area contributed by atoms with Crippen LogP contribution in [0.1, 0.15) is 29.9 Å². The first kappa shape index (κ1) is 15.4. The van der Waals surface area contributed by atoms with Gasteiger partial charge in [-0.3, -0.25) is 19.5 Å². The SMILES string of the molecule is Cc1ccc(C(=O)N2CCN(C(C)C)CC2C(N)=O)cn1. The predicted molar refractivity (Wildman–Crippen MR) is 79.7 cm³/mol. The first-order chi connectivity index (χ1) is 9.90. The van der Waals surface area contributed by atoms with E-state index in [0.717, 1.165) is 12.2 Å². The minimum atomic E-state index is -0.588. The number of aromatic nitrogens is 1. The first-order valence-corrected chi connectivity index (χ1v) is 7.17. The molecule has 1 aromatic heterocycles. The molecule has 1 aliphatic rings. The number of primary amides is 1. The van der Waals surface area contributed by atoms with Crippen LogP contribution in [0.2, 0.25) is 0 Å². The molecule has 0 saturated carbocycles. The maximum atomic E-state index is 12.6. The molecule has 2 rings (SSSR count). The smallest absolute Gasteiger partial charge is 0.256 e. The third-order valence-electron chi connectivity index (χ3n) is 3.89. The van der Waals surface area contributed by atoms with Gasteiger partial charge in [-0.15, -0.1) is 0 Å². The Kier molecular flexibility index (Phi) is 4.57. The zero-order valence-electron chi connectivity index (χ0n) is 12.7. The molecule has 2 amide bonds.